The number of carbonyl (C=O) groups is 1. The van der Waals surface area contributed by atoms with Gasteiger partial charge in [-0.15, -0.1) is 11.8 Å². The fourth-order valence-electron chi connectivity index (χ4n) is 1.65. The molecule has 1 aliphatic carbocycles. The van der Waals surface area contributed by atoms with Crippen molar-refractivity contribution in [3.8, 4) is 0 Å². The van der Waals surface area contributed by atoms with Crippen LogP contribution in [0.4, 0.5) is 4.79 Å². The summed E-state index contributed by atoms with van der Waals surface area (Å²) in [6.07, 6.45) is 3.52. The third-order valence-corrected chi connectivity index (χ3v) is 4.42. The highest BCUT2D eigenvalue weighted by Crippen LogP contribution is 2.26. The van der Waals surface area contributed by atoms with Gasteiger partial charge in [-0.2, -0.15) is 0 Å². The fourth-order valence-corrected chi connectivity index (χ4v) is 3.22. The Balaban J connectivity index is 1.88. The number of thioether (sulfide) groups is 2. The minimum Gasteiger partial charge on any atom is -0.344 e. The van der Waals surface area contributed by atoms with Crippen molar-refractivity contribution in [3.63, 3.8) is 0 Å². The van der Waals surface area contributed by atoms with Crippen LogP contribution in [0.15, 0.2) is 34.1 Å². The molecule has 1 aromatic rings. The number of carbonyl (C=O) groups excluding carboxylic acids is 1. The molecule has 0 saturated heterocycles. The smallest absolute Gasteiger partial charge is 0.284 e. The lowest BCUT2D eigenvalue weighted by Gasteiger charge is -2.25. The van der Waals surface area contributed by atoms with Crippen LogP contribution in [0.25, 0.3) is 0 Å². The van der Waals surface area contributed by atoms with Gasteiger partial charge in [0.05, 0.1) is 0 Å². The van der Waals surface area contributed by atoms with Gasteiger partial charge in [0.2, 0.25) is 0 Å². The van der Waals surface area contributed by atoms with Crippen LogP contribution in [0.1, 0.15) is 26.2 Å². The molecule has 4 heteroatoms. The van der Waals surface area contributed by atoms with Crippen molar-refractivity contribution in [1.82, 2.24) is 5.32 Å². The van der Waals surface area contributed by atoms with E-state index in [0.29, 0.717) is 6.04 Å². The van der Waals surface area contributed by atoms with E-state index in [9.17, 15) is 4.79 Å². The van der Waals surface area contributed by atoms with E-state index >= 15 is 0 Å². The Hall–Kier alpha value is -0.610. The Kier molecular flexibility index (Phi) is 4.80. The normalized spacial score (nSPS) is 15.4. The van der Waals surface area contributed by atoms with Crippen molar-refractivity contribution in [2.24, 2.45) is 0 Å². The highest BCUT2D eigenvalue weighted by Gasteiger charge is 2.19. The van der Waals surface area contributed by atoms with E-state index in [0.717, 1.165) is 23.5 Å². The summed E-state index contributed by atoms with van der Waals surface area (Å²) >= 11 is 3.10. The SMILES string of the molecule is CCSc1cccc(SC(=O)NC2CCC2)c1. The zero-order chi connectivity index (χ0) is 12.1. The summed E-state index contributed by atoms with van der Waals surface area (Å²) in [4.78, 5) is 14.0. The molecule has 1 fully saturated rings. The highest BCUT2D eigenvalue weighted by molar-refractivity contribution is 8.13. The van der Waals surface area contributed by atoms with Gasteiger partial charge in [-0.05, 0) is 55.0 Å². The first kappa shape index (κ1) is 12.8. The summed E-state index contributed by atoms with van der Waals surface area (Å²) in [5, 5.41) is 3.11. The standard InChI is InChI=1S/C13H17NOS2/c1-2-16-11-7-4-8-12(9-11)17-13(15)14-10-5-3-6-10/h4,7-10H,2-3,5-6H2,1H3,(H,14,15). The van der Waals surface area contributed by atoms with Gasteiger partial charge < -0.3 is 5.32 Å². The molecular formula is C13H17NOS2. The second-order valence-corrected chi connectivity index (χ2v) is 6.45. The summed E-state index contributed by atoms with van der Waals surface area (Å²) in [5.74, 6) is 1.06. The monoisotopic (exact) mass is 267 g/mol. The van der Waals surface area contributed by atoms with Crippen LogP contribution < -0.4 is 5.32 Å². The second-order valence-electron chi connectivity index (χ2n) is 4.07. The predicted molar refractivity (Wildman–Crippen MR) is 74.9 cm³/mol. The zero-order valence-electron chi connectivity index (χ0n) is 9.94. The third kappa shape index (κ3) is 3.96. The lowest BCUT2D eigenvalue weighted by molar-refractivity contribution is 0.249. The van der Waals surface area contributed by atoms with Crippen LogP contribution in [-0.4, -0.2) is 17.0 Å². The lowest BCUT2D eigenvalue weighted by atomic mass is 9.94. The van der Waals surface area contributed by atoms with E-state index in [2.05, 4.69) is 24.4 Å². The molecule has 1 aromatic carbocycles. The molecule has 2 rings (SSSR count). The summed E-state index contributed by atoms with van der Waals surface area (Å²) in [7, 11) is 0. The number of hydrogen-bond donors (Lipinski definition) is 1. The number of amides is 1. The maximum Gasteiger partial charge on any atom is 0.284 e. The third-order valence-electron chi connectivity index (χ3n) is 2.75. The highest BCUT2D eigenvalue weighted by atomic mass is 32.2. The lowest BCUT2D eigenvalue weighted by Crippen LogP contribution is -2.37. The molecule has 1 N–H and O–H groups in total. The molecule has 0 heterocycles. The molecule has 1 saturated carbocycles. The van der Waals surface area contributed by atoms with Crippen LogP contribution in [0.3, 0.4) is 0 Å². The maximum atomic E-state index is 11.7. The summed E-state index contributed by atoms with van der Waals surface area (Å²) in [6.45, 7) is 2.13. The van der Waals surface area contributed by atoms with Crippen LogP contribution in [-0.2, 0) is 0 Å². The van der Waals surface area contributed by atoms with E-state index in [1.54, 1.807) is 11.8 Å². The Morgan fingerprint density at radius 1 is 1.41 bits per heavy atom. The quantitative estimate of drug-likeness (QED) is 0.831. The molecule has 0 radical (unpaired) electrons. The van der Waals surface area contributed by atoms with Crippen LogP contribution >= 0.6 is 23.5 Å². The summed E-state index contributed by atoms with van der Waals surface area (Å²) < 4.78 is 0. The fraction of sp³-hybridized carbons (Fsp3) is 0.462. The van der Waals surface area contributed by atoms with Crippen molar-refractivity contribution >= 4 is 28.8 Å². The maximum absolute atomic E-state index is 11.7. The molecule has 17 heavy (non-hydrogen) atoms. The number of hydrogen-bond acceptors (Lipinski definition) is 3. The number of nitrogens with one attached hydrogen (secondary N) is 1. The van der Waals surface area contributed by atoms with Gasteiger partial charge in [-0.1, -0.05) is 13.0 Å². The molecule has 0 spiro atoms. The first-order chi connectivity index (χ1) is 8.28. The number of rotatable bonds is 4. The van der Waals surface area contributed by atoms with Crippen LogP contribution in [0.2, 0.25) is 0 Å². The van der Waals surface area contributed by atoms with Crippen molar-refractivity contribution in [2.75, 3.05) is 5.75 Å². The first-order valence-electron chi connectivity index (χ1n) is 5.99. The van der Waals surface area contributed by atoms with E-state index in [1.807, 2.05) is 12.1 Å². The average Bonchev–Trinajstić information content (AvgIpc) is 2.25. The molecule has 2 nitrogen and oxygen atoms in total. The van der Waals surface area contributed by atoms with Crippen molar-refractivity contribution in [3.05, 3.63) is 24.3 Å². The average molecular weight is 267 g/mol. The molecule has 92 valence electrons. The van der Waals surface area contributed by atoms with Crippen LogP contribution in [0.5, 0.6) is 0 Å². The molecule has 0 atom stereocenters. The Labute approximate surface area is 111 Å². The first-order valence-corrected chi connectivity index (χ1v) is 7.79. The van der Waals surface area contributed by atoms with Gasteiger partial charge in [0.1, 0.15) is 0 Å². The summed E-state index contributed by atoms with van der Waals surface area (Å²) in [6, 6.07) is 8.59. The van der Waals surface area contributed by atoms with E-state index in [-0.39, 0.29) is 5.24 Å². The molecule has 0 aromatic heterocycles. The van der Waals surface area contributed by atoms with Crippen molar-refractivity contribution < 1.29 is 4.79 Å². The predicted octanol–water partition coefficient (Wildman–Crippen LogP) is 4.15. The molecular weight excluding hydrogens is 250 g/mol. The van der Waals surface area contributed by atoms with Crippen molar-refractivity contribution in [2.45, 2.75) is 42.0 Å². The minimum absolute atomic E-state index is 0.0772. The largest absolute Gasteiger partial charge is 0.344 e. The minimum atomic E-state index is 0.0772. The summed E-state index contributed by atoms with van der Waals surface area (Å²) in [5.41, 5.74) is 0. The van der Waals surface area contributed by atoms with Gasteiger partial charge in [0, 0.05) is 15.8 Å². The van der Waals surface area contributed by atoms with Gasteiger partial charge >= 0.3 is 0 Å². The van der Waals surface area contributed by atoms with E-state index < -0.39 is 0 Å². The van der Waals surface area contributed by atoms with E-state index in [1.165, 1.54) is 23.1 Å². The van der Waals surface area contributed by atoms with Gasteiger partial charge in [-0.25, -0.2) is 0 Å². The topological polar surface area (TPSA) is 29.1 Å². The zero-order valence-corrected chi connectivity index (χ0v) is 11.6. The van der Waals surface area contributed by atoms with Gasteiger partial charge in [-0.3, -0.25) is 4.79 Å². The van der Waals surface area contributed by atoms with E-state index in [4.69, 9.17) is 0 Å². The van der Waals surface area contributed by atoms with Crippen LogP contribution in [0, 0.1) is 0 Å². The Morgan fingerprint density at radius 2 is 2.18 bits per heavy atom. The second kappa shape index (κ2) is 6.36. The molecule has 1 aliphatic rings. The molecule has 1 amide bonds. The molecule has 0 aliphatic heterocycles. The molecule has 0 bridgehead atoms. The number of benzene rings is 1. The van der Waals surface area contributed by atoms with Gasteiger partial charge in [0.25, 0.3) is 5.24 Å². The van der Waals surface area contributed by atoms with Gasteiger partial charge in [0.15, 0.2) is 0 Å². The Morgan fingerprint density at radius 3 is 2.82 bits per heavy atom. The molecule has 0 unspecified atom stereocenters. The van der Waals surface area contributed by atoms with Crippen molar-refractivity contribution in [1.29, 1.82) is 0 Å². The Bertz CT molecular complexity index is 391.